The van der Waals surface area contributed by atoms with Crippen LogP contribution in [-0.2, 0) is 25.5 Å². The van der Waals surface area contributed by atoms with Gasteiger partial charge in [-0.2, -0.15) is 0 Å². The van der Waals surface area contributed by atoms with Crippen LogP contribution in [0.15, 0.2) is 60.7 Å². The van der Waals surface area contributed by atoms with Gasteiger partial charge in [-0.15, -0.1) is 0 Å². The van der Waals surface area contributed by atoms with Crippen molar-refractivity contribution in [2.75, 3.05) is 18.5 Å². The molecule has 3 saturated heterocycles. The van der Waals surface area contributed by atoms with Crippen LogP contribution in [0.1, 0.15) is 44.6 Å². The van der Waals surface area contributed by atoms with Gasteiger partial charge in [0.25, 0.3) is 0 Å². The van der Waals surface area contributed by atoms with Crippen molar-refractivity contribution in [2.45, 2.75) is 69.2 Å². The highest BCUT2D eigenvalue weighted by molar-refractivity contribution is 6.02. The Bertz CT molecular complexity index is 1140. The summed E-state index contributed by atoms with van der Waals surface area (Å²) in [5, 5.41) is 16.4. The summed E-state index contributed by atoms with van der Waals surface area (Å²) in [5.74, 6) is -2.31. The van der Waals surface area contributed by atoms with Gasteiger partial charge in [-0.05, 0) is 43.4 Å². The summed E-state index contributed by atoms with van der Waals surface area (Å²) in [6, 6.07) is 17.3. The minimum atomic E-state index is -1.08. The second-order valence-electron chi connectivity index (χ2n) is 10.7. The molecule has 3 heterocycles. The van der Waals surface area contributed by atoms with Gasteiger partial charge in [0.1, 0.15) is 11.6 Å². The first-order valence-electron chi connectivity index (χ1n) is 13.8. The number of nitrogens with one attached hydrogen (secondary N) is 2. The van der Waals surface area contributed by atoms with E-state index < -0.39 is 35.6 Å². The van der Waals surface area contributed by atoms with E-state index in [9.17, 15) is 19.5 Å². The Morgan fingerprint density at radius 1 is 1.08 bits per heavy atom. The first-order valence-corrected chi connectivity index (χ1v) is 13.8. The summed E-state index contributed by atoms with van der Waals surface area (Å²) < 4.78 is 6.50. The van der Waals surface area contributed by atoms with Gasteiger partial charge < -0.3 is 25.4 Å². The number of para-hydroxylation sites is 1. The number of unbranched alkanes of at least 4 members (excludes halogenated alkanes) is 2. The third-order valence-electron chi connectivity index (χ3n) is 8.33. The van der Waals surface area contributed by atoms with E-state index in [2.05, 4.69) is 17.6 Å². The molecule has 202 valence electrons. The zero-order valence-electron chi connectivity index (χ0n) is 21.8. The van der Waals surface area contributed by atoms with E-state index in [0.29, 0.717) is 31.5 Å². The van der Waals surface area contributed by atoms with Crippen LogP contribution in [0.25, 0.3) is 0 Å². The number of anilines is 1. The maximum Gasteiger partial charge on any atom is 0.245 e. The molecule has 8 heteroatoms. The molecule has 3 amide bonds. The molecule has 2 bridgehead atoms. The van der Waals surface area contributed by atoms with Crippen LogP contribution >= 0.6 is 0 Å². The molecule has 38 heavy (non-hydrogen) atoms. The SMILES string of the molecule is CCCCCNC(=O)C1N([C@@H](CO)Cc2ccccc2)C(=O)[C@@H]2[C@@H](C(=O)Nc3ccccc3)[C@H]3CCC12O3. The van der Waals surface area contributed by atoms with Crippen LogP contribution < -0.4 is 10.6 Å². The van der Waals surface area contributed by atoms with Crippen LogP contribution in [0, 0.1) is 11.8 Å². The number of carbonyl (C=O) groups is 3. The quantitative estimate of drug-likeness (QED) is 0.396. The Kier molecular flexibility index (Phi) is 7.81. The fourth-order valence-corrected chi connectivity index (χ4v) is 6.65. The monoisotopic (exact) mass is 519 g/mol. The van der Waals surface area contributed by atoms with Gasteiger partial charge in [0.2, 0.25) is 17.7 Å². The van der Waals surface area contributed by atoms with Crippen LogP contribution in [0.5, 0.6) is 0 Å². The lowest BCUT2D eigenvalue weighted by Gasteiger charge is -2.36. The highest BCUT2D eigenvalue weighted by Crippen LogP contribution is 2.59. The average molecular weight is 520 g/mol. The first-order chi connectivity index (χ1) is 18.5. The van der Waals surface area contributed by atoms with Gasteiger partial charge in [0.05, 0.1) is 30.6 Å². The number of hydrogen-bond acceptors (Lipinski definition) is 5. The third kappa shape index (κ3) is 4.71. The molecule has 1 spiro atoms. The van der Waals surface area contributed by atoms with Crippen LogP contribution in [0.3, 0.4) is 0 Å². The van der Waals surface area contributed by atoms with Crippen molar-refractivity contribution >= 4 is 23.4 Å². The maximum absolute atomic E-state index is 14.2. The van der Waals surface area contributed by atoms with Crippen molar-refractivity contribution in [1.29, 1.82) is 0 Å². The fraction of sp³-hybridized carbons (Fsp3) is 0.500. The number of aliphatic hydroxyl groups is 1. The van der Waals surface area contributed by atoms with Gasteiger partial charge in [-0.1, -0.05) is 68.3 Å². The second-order valence-corrected chi connectivity index (χ2v) is 10.7. The molecular weight excluding hydrogens is 482 g/mol. The van der Waals surface area contributed by atoms with Gasteiger partial charge >= 0.3 is 0 Å². The first kappa shape index (κ1) is 26.4. The second kappa shape index (κ2) is 11.3. The van der Waals surface area contributed by atoms with Crippen LogP contribution in [0.4, 0.5) is 5.69 Å². The van der Waals surface area contributed by atoms with Gasteiger partial charge in [-0.3, -0.25) is 14.4 Å². The Balaban J connectivity index is 1.47. The summed E-state index contributed by atoms with van der Waals surface area (Å²) in [6.07, 6.45) is 3.97. The van der Waals surface area contributed by atoms with Gasteiger partial charge in [0, 0.05) is 12.2 Å². The summed E-state index contributed by atoms with van der Waals surface area (Å²) in [7, 11) is 0. The molecule has 3 fully saturated rings. The maximum atomic E-state index is 14.2. The number of nitrogens with zero attached hydrogens (tertiary/aromatic N) is 1. The molecule has 0 saturated carbocycles. The van der Waals surface area contributed by atoms with Crippen molar-refractivity contribution in [2.24, 2.45) is 11.8 Å². The Hall–Kier alpha value is -3.23. The fourth-order valence-electron chi connectivity index (χ4n) is 6.65. The molecule has 2 aromatic carbocycles. The number of rotatable bonds is 11. The lowest BCUT2D eigenvalue weighted by atomic mass is 9.70. The van der Waals surface area contributed by atoms with E-state index in [0.717, 1.165) is 24.8 Å². The standard InChI is InChI=1S/C30H37N3O5/c1-2-3-10-17-31-28(36)26-30-16-15-23(38-30)24(27(35)32-21-13-8-5-9-14-21)25(30)29(37)33(26)22(19-34)18-20-11-6-4-7-12-20/h4-9,11-14,22-26,34H,2-3,10,15-19H2,1H3,(H,31,36)(H,32,35)/t22-,23-,24+,25+,26?,30?/m1/s1. The van der Waals surface area contributed by atoms with E-state index >= 15 is 0 Å². The van der Waals surface area contributed by atoms with Crippen LogP contribution in [-0.4, -0.2) is 64.7 Å². The number of benzene rings is 2. The number of likely N-dealkylation sites (tertiary alicyclic amines) is 1. The molecule has 6 atom stereocenters. The summed E-state index contributed by atoms with van der Waals surface area (Å²) in [5.41, 5.74) is 0.526. The van der Waals surface area contributed by atoms with E-state index in [1.165, 1.54) is 4.90 Å². The predicted molar refractivity (Wildman–Crippen MR) is 143 cm³/mol. The highest BCUT2D eigenvalue weighted by Gasteiger charge is 2.75. The molecule has 0 aromatic heterocycles. The molecule has 3 aliphatic heterocycles. The highest BCUT2D eigenvalue weighted by atomic mass is 16.5. The van der Waals surface area contributed by atoms with E-state index in [1.807, 2.05) is 48.5 Å². The number of carbonyl (C=O) groups excluding carboxylic acids is 3. The number of aliphatic hydroxyl groups excluding tert-OH is 1. The minimum absolute atomic E-state index is 0.270. The van der Waals surface area contributed by atoms with Crippen molar-refractivity contribution in [3.8, 4) is 0 Å². The smallest absolute Gasteiger partial charge is 0.245 e. The predicted octanol–water partition coefficient (Wildman–Crippen LogP) is 2.91. The van der Waals surface area contributed by atoms with Crippen molar-refractivity contribution in [3.63, 3.8) is 0 Å². The van der Waals surface area contributed by atoms with Gasteiger partial charge in [0.15, 0.2) is 0 Å². The topological polar surface area (TPSA) is 108 Å². The zero-order valence-corrected chi connectivity index (χ0v) is 21.8. The molecule has 5 rings (SSSR count). The van der Waals surface area contributed by atoms with Crippen molar-refractivity contribution in [3.05, 3.63) is 66.2 Å². The van der Waals surface area contributed by atoms with Crippen molar-refractivity contribution in [1.82, 2.24) is 10.2 Å². The molecular formula is C30H37N3O5. The molecule has 3 aliphatic rings. The Morgan fingerprint density at radius 3 is 2.47 bits per heavy atom. The Labute approximate surface area is 223 Å². The summed E-state index contributed by atoms with van der Waals surface area (Å²) >= 11 is 0. The molecule has 2 aromatic rings. The number of ether oxygens (including phenoxy) is 1. The van der Waals surface area contributed by atoms with E-state index in [4.69, 9.17) is 4.74 Å². The number of hydrogen-bond donors (Lipinski definition) is 3. The van der Waals surface area contributed by atoms with Gasteiger partial charge in [-0.25, -0.2) is 0 Å². The van der Waals surface area contributed by atoms with E-state index in [-0.39, 0.29) is 24.3 Å². The number of amides is 3. The molecule has 0 radical (unpaired) electrons. The average Bonchev–Trinajstić information content (AvgIpc) is 3.58. The molecule has 0 aliphatic carbocycles. The molecule has 2 unspecified atom stereocenters. The Morgan fingerprint density at radius 2 is 1.79 bits per heavy atom. The normalized spacial score (nSPS) is 28.3. The third-order valence-corrected chi connectivity index (χ3v) is 8.33. The van der Waals surface area contributed by atoms with Crippen LogP contribution in [0.2, 0.25) is 0 Å². The molecule has 3 N–H and O–H groups in total. The lowest BCUT2D eigenvalue weighted by Crippen LogP contribution is -2.58. The van der Waals surface area contributed by atoms with Crippen molar-refractivity contribution < 1.29 is 24.2 Å². The number of fused-ring (bicyclic) bond motifs is 1. The summed E-state index contributed by atoms with van der Waals surface area (Å²) in [6.45, 7) is 2.31. The zero-order chi connectivity index (χ0) is 26.7. The minimum Gasteiger partial charge on any atom is -0.394 e. The molecule has 8 nitrogen and oxygen atoms in total. The van der Waals surface area contributed by atoms with E-state index in [1.54, 1.807) is 12.1 Å². The largest absolute Gasteiger partial charge is 0.394 e. The summed E-state index contributed by atoms with van der Waals surface area (Å²) in [4.78, 5) is 43.0. The lowest BCUT2D eigenvalue weighted by molar-refractivity contribution is -0.145.